The van der Waals surface area contributed by atoms with Crippen molar-refractivity contribution in [1.29, 1.82) is 0 Å². The number of carbonyl (C=O) groups is 2. The van der Waals surface area contributed by atoms with Gasteiger partial charge < -0.3 is 14.7 Å². The Labute approximate surface area is 141 Å². The molecule has 0 radical (unpaired) electrons. The number of carboxylic acid groups (broad SMARTS) is 1. The molecule has 1 aromatic carbocycles. The Morgan fingerprint density at radius 3 is 2.80 bits per heavy atom. The van der Waals surface area contributed by atoms with Gasteiger partial charge in [0.2, 0.25) is 0 Å². The van der Waals surface area contributed by atoms with Gasteiger partial charge in [-0.25, -0.2) is 13.6 Å². The molecule has 1 aromatic heterocycles. The molecule has 1 aliphatic rings. The number of nitrogens with zero attached hydrogens (tertiary/aromatic N) is 3. The lowest BCUT2D eigenvalue weighted by atomic mass is 10.1. The van der Waals surface area contributed by atoms with Crippen LogP contribution in [0, 0.1) is 11.6 Å². The van der Waals surface area contributed by atoms with Gasteiger partial charge in [0.05, 0.1) is 18.7 Å². The van der Waals surface area contributed by atoms with Crippen LogP contribution in [0.1, 0.15) is 10.4 Å². The second-order valence-electron chi connectivity index (χ2n) is 5.64. The molecule has 9 heteroatoms. The molecule has 0 spiro atoms. The molecule has 1 saturated heterocycles. The smallest absolute Gasteiger partial charge is 0.334 e. The minimum atomic E-state index is -1.16. The van der Waals surface area contributed by atoms with Crippen LogP contribution < -0.4 is 0 Å². The van der Waals surface area contributed by atoms with Crippen molar-refractivity contribution in [3.05, 3.63) is 41.6 Å². The van der Waals surface area contributed by atoms with E-state index in [1.165, 1.54) is 21.8 Å². The number of aryl methyl sites for hydroxylation is 1. The summed E-state index contributed by atoms with van der Waals surface area (Å²) < 4.78 is 33.7. The molecule has 2 heterocycles. The van der Waals surface area contributed by atoms with Crippen LogP contribution in [0.25, 0.3) is 11.3 Å². The largest absolute Gasteiger partial charge is 0.479 e. The highest BCUT2D eigenvalue weighted by Crippen LogP contribution is 2.27. The van der Waals surface area contributed by atoms with E-state index in [-0.39, 0.29) is 36.5 Å². The maximum Gasteiger partial charge on any atom is 0.334 e. The lowest BCUT2D eigenvalue weighted by Gasteiger charge is -2.30. The van der Waals surface area contributed by atoms with Gasteiger partial charge in [-0.15, -0.1) is 0 Å². The van der Waals surface area contributed by atoms with Gasteiger partial charge in [-0.3, -0.25) is 9.48 Å². The monoisotopic (exact) mass is 351 g/mol. The first-order chi connectivity index (χ1) is 11.9. The summed E-state index contributed by atoms with van der Waals surface area (Å²) in [5, 5.41) is 13.1. The lowest BCUT2D eigenvalue weighted by Crippen LogP contribution is -2.48. The number of aromatic nitrogens is 2. The maximum atomic E-state index is 14.1. The normalized spacial score (nSPS) is 17.6. The molecule has 2 aromatic rings. The maximum absolute atomic E-state index is 14.1. The van der Waals surface area contributed by atoms with Crippen LogP contribution in [0.15, 0.2) is 24.4 Å². The van der Waals surface area contributed by atoms with Crippen LogP contribution in [0.2, 0.25) is 0 Å². The summed E-state index contributed by atoms with van der Waals surface area (Å²) in [7, 11) is 1.57. The van der Waals surface area contributed by atoms with Crippen LogP contribution >= 0.6 is 0 Å². The fourth-order valence-corrected chi connectivity index (χ4v) is 2.68. The van der Waals surface area contributed by atoms with E-state index >= 15 is 0 Å². The Balaban J connectivity index is 1.95. The first-order valence-corrected chi connectivity index (χ1v) is 7.49. The molecular weight excluding hydrogens is 336 g/mol. The summed E-state index contributed by atoms with van der Waals surface area (Å²) in [6.45, 7) is 0.181. The Hall–Kier alpha value is -2.81. The van der Waals surface area contributed by atoms with Gasteiger partial charge in [0, 0.05) is 31.4 Å². The van der Waals surface area contributed by atoms with Gasteiger partial charge in [-0.05, 0) is 12.1 Å². The van der Waals surface area contributed by atoms with Crippen molar-refractivity contribution in [2.75, 3.05) is 19.7 Å². The standard InChI is InChI=1S/C16H15F2N3O4/c1-20-7-11(14(19-20)10-3-2-9(17)6-12(10)18)15(22)21-4-5-25-13(8-21)16(23)24/h2-3,6-7,13H,4-5,8H2,1H3,(H,23,24)/t13-/m1/s1. The van der Waals surface area contributed by atoms with E-state index in [1.807, 2.05) is 0 Å². The van der Waals surface area contributed by atoms with Gasteiger partial charge >= 0.3 is 5.97 Å². The zero-order valence-electron chi connectivity index (χ0n) is 13.3. The summed E-state index contributed by atoms with van der Waals surface area (Å²) in [6, 6.07) is 3.01. The van der Waals surface area contributed by atoms with Gasteiger partial charge in [-0.1, -0.05) is 0 Å². The van der Waals surface area contributed by atoms with Crippen LogP contribution in [0.5, 0.6) is 0 Å². The average molecular weight is 351 g/mol. The third kappa shape index (κ3) is 3.36. The summed E-state index contributed by atoms with van der Waals surface area (Å²) in [5.74, 6) is -3.21. The predicted octanol–water partition coefficient (Wildman–Crippen LogP) is 1.29. The Morgan fingerprint density at radius 1 is 1.36 bits per heavy atom. The van der Waals surface area contributed by atoms with Gasteiger partial charge in [0.1, 0.15) is 17.3 Å². The molecule has 3 rings (SSSR count). The zero-order valence-corrected chi connectivity index (χ0v) is 13.3. The minimum Gasteiger partial charge on any atom is -0.479 e. The van der Waals surface area contributed by atoms with E-state index in [9.17, 15) is 18.4 Å². The first kappa shape index (κ1) is 17.0. The van der Waals surface area contributed by atoms with Crippen molar-refractivity contribution in [3.63, 3.8) is 0 Å². The fraction of sp³-hybridized carbons (Fsp3) is 0.312. The van der Waals surface area contributed by atoms with Gasteiger partial charge in [0.15, 0.2) is 6.10 Å². The van der Waals surface area contributed by atoms with Crippen molar-refractivity contribution < 1.29 is 28.2 Å². The van der Waals surface area contributed by atoms with Crippen molar-refractivity contribution in [3.8, 4) is 11.3 Å². The van der Waals surface area contributed by atoms with E-state index < -0.39 is 29.6 Å². The van der Waals surface area contributed by atoms with Crippen LogP contribution in [0.3, 0.4) is 0 Å². The Morgan fingerprint density at radius 2 is 2.12 bits per heavy atom. The van der Waals surface area contributed by atoms with E-state index in [0.29, 0.717) is 6.07 Å². The third-order valence-electron chi connectivity index (χ3n) is 3.87. The molecule has 1 amide bonds. The number of rotatable bonds is 3. The highest BCUT2D eigenvalue weighted by atomic mass is 19.1. The summed E-state index contributed by atoms with van der Waals surface area (Å²) in [5.41, 5.74) is 0.177. The number of morpholine rings is 1. The Bertz CT molecular complexity index is 837. The van der Waals surface area contributed by atoms with Crippen LogP contribution in [0.4, 0.5) is 8.78 Å². The summed E-state index contributed by atoms with van der Waals surface area (Å²) in [6.07, 6.45) is 0.312. The SMILES string of the molecule is Cn1cc(C(=O)N2CCO[C@@H](C(=O)O)C2)c(-c2ccc(F)cc2F)n1. The molecule has 0 aliphatic carbocycles. The number of amides is 1. The van der Waals surface area contributed by atoms with Gasteiger partial charge in [-0.2, -0.15) is 5.10 Å². The van der Waals surface area contributed by atoms with E-state index in [1.54, 1.807) is 7.05 Å². The highest BCUT2D eigenvalue weighted by Gasteiger charge is 2.31. The number of halogens is 2. The minimum absolute atomic E-state index is 0.00612. The Kier molecular flexibility index (Phi) is 4.49. The van der Waals surface area contributed by atoms with Crippen molar-refractivity contribution in [2.45, 2.75) is 6.10 Å². The molecule has 1 aliphatic heterocycles. The van der Waals surface area contributed by atoms with E-state index in [0.717, 1.165) is 6.07 Å². The quantitative estimate of drug-likeness (QED) is 0.901. The van der Waals surface area contributed by atoms with E-state index in [4.69, 9.17) is 9.84 Å². The van der Waals surface area contributed by atoms with Crippen LogP contribution in [-0.2, 0) is 16.6 Å². The second kappa shape index (κ2) is 6.60. The number of hydrogen-bond acceptors (Lipinski definition) is 4. The molecule has 1 fully saturated rings. The zero-order chi connectivity index (χ0) is 18.1. The van der Waals surface area contributed by atoms with Gasteiger partial charge in [0.25, 0.3) is 5.91 Å². The highest BCUT2D eigenvalue weighted by molar-refractivity contribution is 6.00. The molecule has 0 unspecified atom stereocenters. The second-order valence-corrected chi connectivity index (χ2v) is 5.64. The predicted molar refractivity (Wildman–Crippen MR) is 81.8 cm³/mol. The van der Waals surface area contributed by atoms with Crippen LogP contribution in [-0.4, -0.2) is 57.5 Å². The van der Waals surface area contributed by atoms with Crippen molar-refractivity contribution in [2.24, 2.45) is 7.05 Å². The molecule has 0 bridgehead atoms. The van der Waals surface area contributed by atoms with Crippen molar-refractivity contribution >= 4 is 11.9 Å². The molecule has 132 valence electrons. The number of benzene rings is 1. The third-order valence-corrected chi connectivity index (χ3v) is 3.87. The summed E-state index contributed by atoms with van der Waals surface area (Å²) in [4.78, 5) is 25.2. The number of hydrogen-bond donors (Lipinski definition) is 1. The molecule has 0 saturated carbocycles. The fourth-order valence-electron chi connectivity index (χ4n) is 2.68. The lowest BCUT2D eigenvalue weighted by molar-refractivity contribution is -0.154. The topological polar surface area (TPSA) is 84.7 Å². The number of carbonyl (C=O) groups excluding carboxylic acids is 1. The molecule has 25 heavy (non-hydrogen) atoms. The number of carboxylic acids is 1. The van der Waals surface area contributed by atoms with E-state index in [2.05, 4.69) is 5.10 Å². The molecule has 1 N–H and O–H groups in total. The molecular formula is C16H15F2N3O4. The molecule has 1 atom stereocenters. The molecule has 7 nitrogen and oxygen atoms in total. The number of aliphatic carboxylic acids is 1. The summed E-state index contributed by atoms with van der Waals surface area (Å²) >= 11 is 0. The average Bonchev–Trinajstić information content (AvgIpc) is 2.95. The first-order valence-electron chi connectivity index (χ1n) is 7.49. The van der Waals surface area contributed by atoms with Crippen molar-refractivity contribution in [1.82, 2.24) is 14.7 Å². The number of ether oxygens (including phenoxy) is 1.